The van der Waals surface area contributed by atoms with Crippen LogP contribution in [0.2, 0.25) is 0 Å². The maximum Gasteiger partial charge on any atom is 0.169 e. The van der Waals surface area contributed by atoms with Crippen LogP contribution in [-0.4, -0.2) is 29.0 Å². The molecule has 1 aromatic heterocycles. The molecule has 0 saturated heterocycles. The van der Waals surface area contributed by atoms with E-state index in [9.17, 15) is 5.26 Å². The van der Waals surface area contributed by atoms with Crippen LogP contribution in [0.15, 0.2) is 71.9 Å². The monoisotopic (exact) mass is 409 g/mol. The van der Waals surface area contributed by atoms with Gasteiger partial charge in [-0.25, -0.2) is 9.66 Å². The molecule has 0 spiro atoms. The predicted molar refractivity (Wildman–Crippen MR) is 124 cm³/mol. The number of rotatable bonds is 5. The van der Waals surface area contributed by atoms with Crippen molar-refractivity contribution in [3.05, 3.63) is 84.0 Å². The van der Waals surface area contributed by atoms with Crippen LogP contribution in [0.3, 0.4) is 0 Å². The summed E-state index contributed by atoms with van der Waals surface area (Å²) in [5, 5.41) is 9.80. The lowest BCUT2D eigenvalue weighted by molar-refractivity contribution is 0.414. The molecule has 0 unspecified atom stereocenters. The topological polar surface area (TPSA) is 75.2 Å². The van der Waals surface area contributed by atoms with E-state index in [4.69, 9.17) is 4.74 Å². The zero-order valence-electron chi connectivity index (χ0n) is 17.8. The molecule has 0 fully saturated rings. The molecule has 0 aliphatic carbocycles. The largest absolute Gasteiger partial charge is 0.497 e. The zero-order valence-corrected chi connectivity index (χ0v) is 17.8. The third kappa shape index (κ3) is 3.30. The van der Waals surface area contributed by atoms with Gasteiger partial charge in [-0.05, 0) is 38.3 Å². The van der Waals surface area contributed by atoms with E-state index in [0.29, 0.717) is 22.8 Å². The molecule has 1 aliphatic rings. The van der Waals surface area contributed by atoms with Crippen molar-refractivity contribution in [2.45, 2.75) is 19.4 Å². The van der Waals surface area contributed by atoms with Crippen LogP contribution in [0.25, 0.3) is 22.4 Å². The summed E-state index contributed by atoms with van der Waals surface area (Å²) in [6, 6.07) is 19.7. The molecule has 0 amide bonds. The first-order valence-corrected chi connectivity index (χ1v) is 9.83. The molecule has 0 bridgehead atoms. The number of fused-ring (bicyclic) bond motifs is 1. The quantitative estimate of drug-likeness (QED) is 0.609. The Kier molecular flexibility index (Phi) is 4.96. The number of methoxy groups -OCH3 is 1. The lowest BCUT2D eigenvalue weighted by atomic mass is 9.87. The Morgan fingerprint density at radius 1 is 1.13 bits per heavy atom. The molecule has 2 heterocycles. The van der Waals surface area contributed by atoms with Crippen molar-refractivity contribution in [1.82, 2.24) is 9.66 Å². The third-order valence-electron chi connectivity index (χ3n) is 5.44. The second kappa shape index (κ2) is 7.62. The fraction of sp³-hybridized carbons (Fsp3) is 0.160. The van der Waals surface area contributed by atoms with Crippen LogP contribution in [0.5, 0.6) is 5.75 Å². The van der Waals surface area contributed by atoms with Gasteiger partial charge in [0.1, 0.15) is 17.5 Å². The van der Waals surface area contributed by atoms with E-state index in [2.05, 4.69) is 34.8 Å². The summed E-state index contributed by atoms with van der Waals surface area (Å²) >= 11 is 0. The minimum Gasteiger partial charge on any atom is -0.497 e. The summed E-state index contributed by atoms with van der Waals surface area (Å²) in [7, 11) is 1.63. The number of hydrogen-bond acceptors (Lipinski definition) is 5. The third-order valence-corrected chi connectivity index (χ3v) is 5.44. The van der Waals surface area contributed by atoms with E-state index in [1.807, 2.05) is 73.1 Å². The number of allylic oxidation sites excluding steroid dienone is 2. The van der Waals surface area contributed by atoms with Gasteiger partial charge in [0, 0.05) is 16.7 Å². The van der Waals surface area contributed by atoms with Gasteiger partial charge in [-0.15, -0.1) is 0 Å². The minimum atomic E-state index is -0.649. The molecule has 3 aromatic rings. The van der Waals surface area contributed by atoms with Crippen molar-refractivity contribution in [3.63, 3.8) is 0 Å². The van der Waals surface area contributed by atoms with Gasteiger partial charge in [-0.2, -0.15) is 5.26 Å². The van der Waals surface area contributed by atoms with E-state index in [0.717, 1.165) is 28.1 Å². The van der Waals surface area contributed by atoms with Crippen molar-refractivity contribution in [1.29, 1.82) is 5.26 Å². The number of imidazole rings is 1. The standard InChI is InChI=1S/C25H23N5O/c1-16-21(18-12-9-13-19(14-18)31-5)23(25(2,3)27-4)29-30-22(17-10-7-6-8-11-17)20(15-26)28-24(16)30/h6-14,29H,1,4H2,2-3,5H3. The maximum absolute atomic E-state index is 9.80. The number of hydrogen-bond donors (Lipinski definition) is 1. The normalized spacial score (nSPS) is 13.3. The Hall–Kier alpha value is -4.11. The number of aromatic nitrogens is 2. The molecule has 0 atom stereocenters. The van der Waals surface area contributed by atoms with Gasteiger partial charge in [-0.3, -0.25) is 10.4 Å². The molecule has 4 rings (SSSR count). The Morgan fingerprint density at radius 2 is 1.84 bits per heavy atom. The van der Waals surface area contributed by atoms with E-state index in [-0.39, 0.29) is 0 Å². The minimum absolute atomic E-state index is 0.325. The van der Waals surface area contributed by atoms with E-state index < -0.39 is 5.54 Å². The van der Waals surface area contributed by atoms with Gasteiger partial charge in [0.05, 0.1) is 18.3 Å². The SMILES string of the molecule is C=NC(C)(C)C1=C(c2cccc(OC)c2)C(=C)c2nc(C#N)c(-c3ccccc3)n2N1. The van der Waals surface area contributed by atoms with Crippen molar-refractivity contribution in [2.75, 3.05) is 12.5 Å². The number of nitrogens with one attached hydrogen (secondary N) is 1. The molecule has 2 aromatic carbocycles. The highest BCUT2D eigenvalue weighted by Crippen LogP contribution is 2.42. The first-order valence-electron chi connectivity index (χ1n) is 9.83. The molecule has 1 N–H and O–H groups in total. The molecule has 0 radical (unpaired) electrons. The second-order valence-corrected chi connectivity index (χ2v) is 7.74. The van der Waals surface area contributed by atoms with Gasteiger partial charge in [0.25, 0.3) is 0 Å². The van der Waals surface area contributed by atoms with Crippen LogP contribution in [-0.2, 0) is 0 Å². The smallest absolute Gasteiger partial charge is 0.169 e. The average molecular weight is 409 g/mol. The van der Waals surface area contributed by atoms with Gasteiger partial charge in [-0.1, -0.05) is 49.0 Å². The molecule has 6 nitrogen and oxygen atoms in total. The van der Waals surface area contributed by atoms with Crippen LogP contribution in [0.1, 0.15) is 30.9 Å². The first-order chi connectivity index (χ1) is 14.9. The van der Waals surface area contributed by atoms with E-state index >= 15 is 0 Å². The lowest BCUT2D eigenvalue weighted by Gasteiger charge is -2.34. The number of ether oxygens (including phenoxy) is 1. The van der Waals surface area contributed by atoms with Crippen LogP contribution in [0, 0.1) is 11.3 Å². The van der Waals surface area contributed by atoms with Crippen molar-refractivity contribution >= 4 is 17.9 Å². The average Bonchev–Trinajstić information content (AvgIpc) is 3.18. The molecule has 31 heavy (non-hydrogen) atoms. The highest BCUT2D eigenvalue weighted by atomic mass is 16.5. The summed E-state index contributed by atoms with van der Waals surface area (Å²) in [4.78, 5) is 8.97. The number of aliphatic imine (C=N–C) groups is 1. The van der Waals surface area contributed by atoms with Crippen molar-refractivity contribution in [2.24, 2.45) is 4.99 Å². The molecular formula is C25H23N5O. The molecule has 154 valence electrons. The molecule has 0 saturated carbocycles. The summed E-state index contributed by atoms with van der Waals surface area (Å²) in [6.45, 7) is 12.1. The summed E-state index contributed by atoms with van der Waals surface area (Å²) < 4.78 is 7.25. The predicted octanol–water partition coefficient (Wildman–Crippen LogP) is 4.89. The van der Waals surface area contributed by atoms with Gasteiger partial charge < -0.3 is 4.74 Å². The fourth-order valence-corrected chi connectivity index (χ4v) is 3.72. The lowest BCUT2D eigenvalue weighted by Crippen LogP contribution is -2.35. The highest BCUT2D eigenvalue weighted by molar-refractivity contribution is 6.06. The summed E-state index contributed by atoms with van der Waals surface area (Å²) in [5.74, 6) is 1.31. The van der Waals surface area contributed by atoms with Crippen molar-refractivity contribution < 1.29 is 4.74 Å². The number of benzene rings is 2. The van der Waals surface area contributed by atoms with Crippen LogP contribution >= 0.6 is 0 Å². The Balaban J connectivity index is 1.99. The highest BCUT2D eigenvalue weighted by Gasteiger charge is 2.35. The number of nitriles is 1. The van der Waals surface area contributed by atoms with Gasteiger partial charge in [0.2, 0.25) is 0 Å². The zero-order chi connectivity index (χ0) is 22.2. The maximum atomic E-state index is 9.80. The molecule has 6 heteroatoms. The van der Waals surface area contributed by atoms with Crippen LogP contribution in [0.4, 0.5) is 0 Å². The van der Waals surface area contributed by atoms with Gasteiger partial charge in [0.15, 0.2) is 11.5 Å². The summed E-state index contributed by atoms with van der Waals surface area (Å²) in [5.41, 5.74) is 7.99. The second-order valence-electron chi connectivity index (χ2n) is 7.74. The Labute approximate surface area is 181 Å². The fourth-order valence-electron chi connectivity index (χ4n) is 3.72. The number of nitrogens with zero attached hydrogens (tertiary/aromatic N) is 4. The summed E-state index contributed by atoms with van der Waals surface area (Å²) in [6.07, 6.45) is 0. The van der Waals surface area contributed by atoms with Crippen molar-refractivity contribution in [3.8, 4) is 23.1 Å². The Bertz CT molecular complexity index is 1260. The molecular weight excluding hydrogens is 386 g/mol. The van der Waals surface area contributed by atoms with E-state index in [1.54, 1.807) is 7.11 Å². The van der Waals surface area contributed by atoms with E-state index in [1.165, 1.54) is 0 Å². The molecule has 1 aliphatic heterocycles. The first kappa shape index (κ1) is 20.2. The van der Waals surface area contributed by atoms with Gasteiger partial charge >= 0.3 is 0 Å². The Morgan fingerprint density at radius 3 is 2.48 bits per heavy atom. The van der Waals surface area contributed by atoms with Crippen LogP contribution < -0.4 is 10.2 Å².